The fraction of sp³-hybridized carbons (Fsp3) is 0.618. The molecule has 7 unspecified atom stereocenters. The van der Waals surface area contributed by atoms with Crippen molar-refractivity contribution >= 4 is 39.8 Å². The molecule has 0 aliphatic heterocycles. The van der Waals surface area contributed by atoms with Crippen LogP contribution in [0.2, 0.25) is 0 Å². The Hall–Kier alpha value is -7.14. The summed E-state index contributed by atoms with van der Waals surface area (Å²) in [5.41, 5.74) is 15.7. The van der Waals surface area contributed by atoms with E-state index in [1.807, 2.05) is 62.4 Å². The van der Waals surface area contributed by atoms with Crippen LogP contribution < -0.4 is 34.3 Å². The normalized spacial score (nSPS) is 12.8. The molecule has 0 radical (unpaired) electrons. The maximum absolute atomic E-state index is 10.5. The van der Waals surface area contributed by atoms with E-state index in [1.54, 1.807) is 0 Å². The number of benzene rings is 7. The van der Waals surface area contributed by atoms with Gasteiger partial charge in [0.15, 0.2) is 0 Å². The lowest BCUT2D eigenvalue weighted by Gasteiger charge is -2.32. The summed E-state index contributed by atoms with van der Waals surface area (Å²) in [7, 11) is 0. The summed E-state index contributed by atoms with van der Waals surface area (Å²) in [6.07, 6.45) is 17.2. The first-order valence-electron chi connectivity index (χ1n) is 49.1. The first-order chi connectivity index (χ1) is 59.4. The highest BCUT2D eigenvalue weighted by atomic mass is 16.3. The predicted molar refractivity (Wildman–Crippen MR) is 545 cm³/mol. The quantitative estimate of drug-likeness (QED) is 0.0180. The molecule has 0 saturated heterocycles. The van der Waals surface area contributed by atoms with Crippen molar-refractivity contribution in [1.82, 2.24) is 0 Å². The molecule has 702 valence electrons. The monoisotopic (exact) mass is 1720 g/mol. The smallest absolute Gasteiger partial charge is 0.0838 e. The molecule has 0 aliphatic carbocycles. The Kier molecular flexibility index (Phi) is 61.4. The van der Waals surface area contributed by atoms with Crippen LogP contribution in [-0.4, -0.2) is 133 Å². The Morgan fingerprint density at radius 2 is 0.435 bits per heavy atom. The summed E-state index contributed by atoms with van der Waals surface area (Å²) in [4.78, 5) is 16.2. The topological polar surface area (TPSA) is 164 Å². The van der Waals surface area contributed by atoms with Gasteiger partial charge in [-0.3, -0.25) is 0 Å². The summed E-state index contributed by atoms with van der Waals surface area (Å²) in [6, 6.07) is 58.5. The molecule has 0 amide bonds. The van der Waals surface area contributed by atoms with Gasteiger partial charge in [-0.05, 0) is 264 Å². The molecule has 0 aromatic heterocycles. The van der Waals surface area contributed by atoms with Crippen LogP contribution >= 0.6 is 0 Å². The second-order valence-corrected chi connectivity index (χ2v) is 34.8. The van der Waals surface area contributed by atoms with Crippen LogP contribution in [0.4, 0.5) is 39.8 Å². The standard InChI is InChI=1S/C19H33NO.C17H29NO.C16H27NO.2C15H25NO.2C14H23NO/c1-6-9-10-11-18(21)19(4,5)16-12-14-17(15-13-16)20(7-2)8-3;1-4-7-8-9-10-17(19)15-11-13-16(14-12-15)18(5-2)6-3;1-4-7-8-9-16(18)14-10-12-15(13-11-14)17(5-2)6-3;1-6-16(7-2)13-10-8-12(9-11-13)14(17)15(3,4)5;1-4-7-8-15(17)13-9-11-14(12-10-13)16(5-2)6-3;1-5-15(6-2)13-9-7-12(8-10-13)14(16)11(3)4;1-4-7-14(16)12-8-10-13(11-9-12)15(5-2)6-3/h12-15,18,21H,6-11H2,1-5H3;11-14,17,19H,4-10H2,1-3H3;10-13,16,18H,4-9H2,1-3H3;8-11,14,17H,6-7H2,1-5H3;9-12,15,17H,4-8H2,1-3H3;7-11,14,16H,5-6H2,1-4H3;8-11,14,16H,4-7H2,1-3H3. The Bertz CT molecular complexity index is 3600. The van der Waals surface area contributed by atoms with Crippen LogP contribution in [0.1, 0.15) is 371 Å². The second kappa shape index (κ2) is 66.3. The van der Waals surface area contributed by atoms with Crippen LogP contribution in [0.5, 0.6) is 0 Å². The number of hydrogen-bond acceptors (Lipinski definition) is 14. The fourth-order valence-electron chi connectivity index (χ4n) is 15.3. The van der Waals surface area contributed by atoms with E-state index in [-0.39, 0.29) is 53.4 Å². The predicted octanol–water partition coefficient (Wildman–Crippen LogP) is 27.4. The minimum Gasteiger partial charge on any atom is -0.392 e. The molecule has 0 fully saturated rings. The van der Waals surface area contributed by atoms with Gasteiger partial charge in [0, 0.05) is 137 Å². The van der Waals surface area contributed by atoms with Crippen molar-refractivity contribution in [2.45, 2.75) is 344 Å². The summed E-state index contributed by atoms with van der Waals surface area (Å²) in [5.74, 6) is 0.263. The molecule has 7 N–H and O–H groups in total. The third-order valence-electron chi connectivity index (χ3n) is 24.2. The van der Waals surface area contributed by atoms with Gasteiger partial charge in [-0.2, -0.15) is 0 Å². The molecule has 0 aliphatic rings. The number of aliphatic hydroxyl groups is 7. The lowest BCUT2D eigenvalue weighted by molar-refractivity contribution is 0.0627. The van der Waals surface area contributed by atoms with Crippen molar-refractivity contribution in [3.05, 3.63) is 209 Å². The number of anilines is 7. The Balaban J connectivity index is 0.000000725. The van der Waals surface area contributed by atoms with Gasteiger partial charge in [0.1, 0.15) is 0 Å². The summed E-state index contributed by atoms with van der Waals surface area (Å²) in [5, 5.41) is 70.7. The van der Waals surface area contributed by atoms with Crippen molar-refractivity contribution in [1.29, 1.82) is 0 Å². The van der Waals surface area contributed by atoms with Crippen LogP contribution in [0.25, 0.3) is 0 Å². The average molecular weight is 1720 g/mol. The van der Waals surface area contributed by atoms with E-state index >= 15 is 0 Å². The van der Waals surface area contributed by atoms with Crippen LogP contribution in [0.3, 0.4) is 0 Å². The highest BCUT2D eigenvalue weighted by Gasteiger charge is 2.30. The molecule has 0 heterocycles. The zero-order valence-corrected chi connectivity index (χ0v) is 83.7. The Morgan fingerprint density at radius 1 is 0.226 bits per heavy atom. The number of hydrogen-bond donors (Lipinski definition) is 7. The number of unbranched alkanes of at least 4 members (excludes halogenated alkanes) is 8. The van der Waals surface area contributed by atoms with Crippen molar-refractivity contribution < 1.29 is 35.7 Å². The number of nitrogens with zero attached hydrogens (tertiary/aromatic N) is 7. The average Bonchev–Trinajstić information content (AvgIpc) is 0.827. The van der Waals surface area contributed by atoms with Gasteiger partial charge in [-0.15, -0.1) is 0 Å². The minimum atomic E-state index is -0.409. The van der Waals surface area contributed by atoms with E-state index in [0.717, 1.165) is 196 Å². The molecule has 14 nitrogen and oxygen atoms in total. The maximum atomic E-state index is 10.5. The molecule has 7 aromatic rings. The first kappa shape index (κ1) is 115. The second-order valence-electron chi connectivity index (χ2n) is 34.8. The molecule has 7 atom stereocenters. The van der Waals surface area contributed by atoms with Crippen molar-refractivity contribution in [2.24, 2.45) is 11.3 Å². The molecule has 0 spiro atoms. The number of rotatable bonds is 48. The van der Waals surface area contributed by atoms with Gasteiger partial charge in [0.2, 0.25) is 0 Å². The van der Waals surface area contributed by atoms with Crippen LogP contribution in [-0.2, 0) is 5.41 Å². The summed E-state index contributed by atoms with van der Waals surface area (Å²) < 4.78 is 0. The molecule has 124 heavy (non-hydrogen) atoms. The van der Waals surface area contributed by atoms with Crippen molar-refractivity contribution in [3.63, 3.8) is 0 Å². The molecule has 0 bridgehead atoms. The zero-order valence-electron chi connectivity index (χ0n) is 83.7. The van der Waals surface area contributed by atoms with Crippen LogP contribution in [0, 0.1) is 11.3 Å². The van der Waals surface area contributed by atoms with Crippen LogP contribution in [0.15, 0.2) is 170 Å². The van der Waals surface area contributed by atoms with E-state index in [1.165, 1.54) is 90.3 Å². The summed E-state index contributed by atoms with van der Waals surface area (Å²) >= 11 is 0. The molecule has 7 rings (SSSR count). The van der Waals surface area contributed by atoms with Crippen molar-refractivity contribution in [3.8, 4) is 0 Å². The number of aliphatic hydroxyl groups excluding tert-OH is 7. The van der Waals surface area contributed by atoms with Gasteiger partial charge >= 0.3 is 0 Å². The van der Waals surface area contributed by atoms with E-state index in [4.69, 9.17) is 0 Å². The molecular formula is C110H185N7O7. The van der Waals surface area contributed by atoms with Gasteiger partial charge in [0.25, 0.3) is 0 Å². The lowest BCUT2D eigenvalue weighted by atomic mass is 9.77. The first-order valence-corrected chi connectivity index (χ1v) is 49.1. The third-order valence-corrected chi connectivity index (χ3v) is 24.2. The molecule has 7 aromatic carbocycles. The largest absolute Gasteiger partial charge is 0.392 e. The van der Waals surface area contributed by atoms with Gasteiger partial charge < -0.3 is 70.0 Å². The summed E-state index contributed by atoms with van der Waals surface area (Å²) in [6.45, 7) is 69.9. The van der Waals surface area contributed by atoms with E-state index in [0.29, 0.717) is 0 Å². The Labute approximate surface area is 761 Å². The fourth-order valence-corrected chi connectivity index (χ4v) is 15.3. The maximum Gasteiger partial charge on any atom is 0.0838 e. The Morgan fingerprint density at radius 3 is 0.669 bits per heavy atom. The van der Waals surface area contributed by atoms with Gasteiger partial charge in [-0.1, -0.05) is 251 Å². The molecule has 14 heteroatoms. The SMILES string of the molecule is CCCC(O)c1ccc(N(CC)CC)cc1.CCCCC(O)c1ccc(N(CC)CC)cc1.CCCCCC(O)C(C)(C)c1ccc(N(CC)CC)cc1.CCCCCC(O)c1ccc(N(CC)CC)cc1.CCCCCCC(O)c1ccc(N(CC)CC)cc1.CCN(CC)c1ccc(C(O)C(C)(C)C)cc1.CCN(CC)c1ccc(C(O)C(C)C)cc1. The minimum absolute atomic E-state index is 0.114. The van der Waals surface area contributed by atoms with E-state index < -0.39 is 6.10 Å². The van der Waals surface area contributed by atoms with Crippen molar-refractivity contribution in [2.75, 3.05) is 126 Å². The van der Waals surface area contributed by atoms with Gasteiger partial charge in [0.05, 0.1) is 42.7 Å². The molecule has 0 saturated carbocycles. The van der Waals surface area contributed by atoms with Gasteiger partial charge in [-0.25, -0.2) is 0 Å². The van der Waals surface area contributed by atoms with E-state index in [2.05, 4.69) is 322 Å². The third kappa shape index (κ3) is 42.2. The van der Waals surface area contributed by atoms with E-state index in [9.17, 15) is 35.7 Å². The lowest BCUT2D eigenvalue weighted by Crippen LogP contribution is -2.33. The highest BCUT2D eigenvalue weighted by molar-refractivity contribution is 5.53. The molecular weight excluding hydrogens is 1530 g/mol. The highest BCUT2D eigenvalue weighted by Crippen LogP contribution is 2.36. The zero-order chi connectivity index (χ0) is 93.2.